The highest BCUT2D eigenvalue weighted by Gasteiger charge is 2.26. The number of rotatable bonds is 70. The number of carbonyl (C=O) groups is 2. The molecule has 498 valence electrons. The van der Waals surface area contributed by atoms with Crippen molar-refractivity contribution in [2.24, 2.45) is 5.73 Å². The maximum atomic E-state index is 12.8. The molecule has 0 bridgehead atoms. The number of esters is 2. The van der Waals surface area contributed by atoms with Crippen LogP contribution in [-0.2, 0) is 32.7 Å². The molecule has 0 heterocycles. The van der Waals surface area contributed by atoms with Gasteiger partial charge in [-0.3, -0.25) is 18.6 Å². The van der Waals surface area contributed by atoms with E-state index < -0.39 is 26.5 Å². The second-order valence-electron chi connectivity index (χ2n) is 24.8. The normalized spacial score (nSPS) is 13.2. The van der Waals surface area contributed by atoms with Crippen LogP contribution in [0, 0.1) is 0 Å². The van der Waals surface area contributed by atoms with Crippen LogP contribution >= 0.6 is 7.82 Å². The monoisotopic (exact) mass is 1210 g/mol. The summed E-state index contributed by atoms with van der Waals surface area (Å²) in [6, 6.07) is 0. The number of phosphoric ester groups is 1. The first kappa shape index (κ1) is 82.7. The Hall–Kier alpha value is -2.29. The van der Waals surface area contributed by atoms with Gasteiger partial charge in [-0.1, -0.05) is 364 Å². The van der Waals surface area contributed by atoms with Gasteiger partial charge in [0.1, 0.15) is 6.61 Å². The minimum Gasteiger partial charge on any atom is -0.462 e. The van der Waals surface area contributed by atoms with Crippen LogP contribution in [0.15, 0.2) is 60.8 Å². The van der Waals surface area contributed by atoms with Crippen molar-refractivity contribution in [1.82, 2.24) is 0 Å². The lowest BCUT2D eigenvalue weighted by Crippen LogP contribution is -2.29. The van der Waals surface area contributed by atoms with Gasteiger partial charge >= 0.3 is 19.8 Å². The van der Waals surface area contributed by atoms with Crippen LogP contribution in [-0.4, -0.2) is 49.3 Å². The predicted molar refractivity (Wildman–Crippen MR) is 367 cm³/mol. The van der Waals surface area contributed by atoms with E-state index in [4.69, 9.17) is 24.3 Å². The third-order valence-electron chi connectivity index (χ3n) is 16.4. The van der Waals surface area contributed by atoms with Gasteiger partial charge in [0.25, 0.3) is 0 Å². The number of hydrogen-bond donors (Lipinski definition) is 2. The highest BCUT2D eigenvalue weighted by atomic mass is 31.2. The number of allylic oxidation sites excluding steroid dienone is 10. The van der Waals surface area contributed by atoms with E-state index in [0.29, 0.717) is 6.42 Å². The van der Waals surface area contributed by atoms with Crippen molar-refractivity contribution in [1.29, 1.82) is 0 Å². The van der Waals surface area contributed by atoms with E-state index in [1.54, 1.807) is 0 Å². The molecule has 9 nitrogen and oxygen atoms in total. The maximum Gasteiger partial charge on any atom is 0.472 e. The molecule has 2 unspecified atom stereocenters. The Balaban J connectivity index is 3.79. The summed E-state index contributed by atoms with van der Waals surface area (Å²) in [6.07, 6.45) is 91.9. The van der Waals surface area contributed by atoms with E-state index in [2.05, 4.69) is 74.6 Å². The highest BCUT2D eigenvalue weighted by molar-refractivity contribution is 7.47. The van der Waals surface area contributed by atoms with Gasteiger partial charge in [0.15, 0.2) is 6.10 Å². The van der Waals surface area contributed by atoms with E-state index in [1.807, 2.05) is 0 Å². The molecule has 3 N–H and O–H groups in total. The van der Waals surface area contributed by atoms with Crippen LogP contribution < -0.4 is 5.73 Å². The van der Waals surface area contributed by atoms with Crippen LogP contribution in [0.1, 0.15) is 373 Å². The third-order valence-corrected chi connectivity index (χ3v) is 17.4. The molecule has 0 aromatic heterocycles. The van der Waals surface area contributed by atoms with Crippen molar-refractivity contribution in [3.8, 4) is 0 Å². The Morgan fingerprint density at radius 3 is 0.965 bits per heavy atom. The van der Waals surface area contributed by atoms with Crippen LogP contribution in [0.3, 0.4) is 0 Å². The molecule has 0 rings (SSSR count). The van der Waals surface area contributed by atoms with Crippen molar-refractivity contribution in [2.45, 2.75) is 380 Å². The van der Waals surface area contributed by atoms with Crippen LogP contribution in [0.25, 0.3) is 0 Å². The second kappa shape index (κ2) is 70.8. The SMILES string of the molecule is CC/C=C\C/C=C\C/C=C\C/C=C\C/C=C\CCCCCCCCCCCCCCCCCCCCCCCC(=O)OC(COC(=O)CCCCCCCCCCCCCCCCCCCCCCCCCCCCC)COP(=O)(O)OCCN. The fraction of sp³-hybridized carbons (Fsp3) is 0.840. The summed E-state index contributed by atoms with van der Waals surface area (Å²) < 4.78 is 33.2. The largest absolute Gasteiger partial charge is 0.472 e. The summed E-state index contributed by atoms with van der Waals surface area (Å²) in [5.74, 6) is -0.804. The first-order chi connectivity index (χ1) is 41.8. The van der Waals surface area contributed by atoms with Gasteiger partial charge in [0, 0.05) is 19.4 Å². The van der Waals surface area contributed by atoms with Gasteiger partial charge < -0.3 is 20.1 Å². The standard InChI is InChI=1S/C75H140NO8P/c1-3-5-7-9-11-13-15-17-19-21-23-25-27-29-31-32-33-34-35-36-37-38-39-40-42-44-46-48-50-52-54-56-58-60-62-64-66-68-75(78)84-73(72-83-85(79,80)82-70-69-76)71-81-74(77)67-65-63-61-59-57-55-53-51-49-47-45-43-41-30-28-26-24-22-20-18-16-14-12-10-8-6-4-2/h5,7,11,13,17,19,23,25,29,31,73H,3-4,6,8-10,12,14-16,18,20-22,24,26-28,30,32-72,76H2,1-2H3,(H,79,80)/b7-5-,13-11-,19-17-,25-23-,31-29-. The summed E-state index contributed by atoms with van der Waals surface area (Å²) in [4.78, 5) is 35.4. The molecule has 0 aromatic carbocycles. The molecule has 0 amide bonds. The van der Waals surface area contributed by atoms with Crippen LogP contribution in [0.5, 0.6) is 0 Å². The topological polar surface area (TPSA) is 134 Å². The Morgan fingerprint density at radius 2 is 0.647 bits per heavy atom. The van der Waals surface area contributed by atoms with Crippen molar-refractivity contribution < 1.29 is 37.6 Å². The minimum atomic E-state index is -4.39. The van der Waals surface area contributed by atoms with Crippen LogP contribution in [0.4, 0.5) is 0 Å². The quantitative estimate of drug-likeness (QED) is 0.0264. The molecule has 0 aliphatic rings. The molecule has 10 heteroatoms. The summed E-state index contributed by atoms with van der Waals surface area (Å²) >= 11 is 0. The zero-order valence-electron chi connectivity index (χ0n) is 56.1. The zero-order chi connectivity index (χ0) is 61.6. The lowest BCUT2D eigenvalue weighted by molar-refractivity contribution is -0.161. The molecule has 0 saturated heterocycles. The average Bonchev–Trinajstić information content (AvgIpc) is 3.52. The summed E-state index contributed by atoms with van der Waals surface area (Å²) in [5.41, 5.74) is 5.41. The Morgan fingerprint density at radius 1 is 0.365 bits per heavy atom. The first-order valence-corrected chi connectivity index (χ1v) is 38.3. The number of nitrogens with two attached hydrogens (primary N) is 1. The van der Waals surface area contributed by atoms with E-state index >= 15 is 0 Å². The number of phosphoric acid groups is 1. The zero-order valence-corrected chi connectivity index (χ0v) is 57.0. The van der Waals surface area contributed by atoms with Crippen molar-refractivity contribution in [3.05, 3.63) is 60.8 Å². The first-order valence-electron chi connectivity index (χ1n) is 36.8. The summed E-state index contributed by atoms with van der Waals surface area (Å²) in [5, 5.41) is 0. The molecule has 0 saturated carbocycles. The molecule has 0 radical (unpaired) electrons. The van der Waals surface area contributed by atoms with Gasteiger partial charge in [-0.15, -0.1) is 0 Å². The molecule has 0 spiro atoms. The van der Waals surface area contributed by atoms with Gasteiger partial charge in [-0.2, -0.15) is 0 Å². The lowest BCUT2D eigenvalue weighted by Gasteiger charge is -2.19. The number of carbonyl (C=O) groups excluding carboxylic acids is 2. The number of hydrogen-bond acceptors (Lipinski definition) is 8. The van der Waals surface area contributed by atoms with Gasteiger partial charge in [0.05, 0.1) is 13.2 Å². The lowest BCUT2D eigenvalue weighted by atomic mass is 10.0. The van der Waals surface area contributed by atoms with Crippen molar-refractivity contribution in [3.63, 3.8) is 0 Å². The summed E-state index contributed by atoms with van der Waals surface area (Å²) in [6.45, 7) is 3.71. The Labute approximate surface area is 527 Å². The Kier molecular flexibility index (Phi) is 68.9. The molecule has 2 atom stereocenters. The number of unbranched alkanes of at least 4 members (excludes halogenated alkanes) is 47. The predicted octanol–water partition coefficient (Wildman–Crippen LogP) is 24.2. The van der Waals surface area contributed by atoms with Crippen LogP contribution in [0.2, 0.25) is 0 Å². The molecular formula is C75H140NO8P. The fourth-order valence-electron chi connectivity index (χ4n) is 11.0. The van der Waals surface area contributed by atoms with Crippen molar-refractivity contribution in [2.75, 3.05) is 26.4 Å². The molecule has 85 heavy (non-hydrogen) atoms. The van der Waals surface area contributed by atoms with E-state index in [0.717, 1.165) is 64.2 Å². The summed E-state index contributed by atoms with van der Waals surface area (Å²) in [7, 11) is -4.39. The average molecular weight is 1210 g/mol. The highest BCUT2D eigenvalue weighted by Crippen LogP contribution is 2.43. The smallest absolute Gasteiger partial charge is 0.462 e. The maximum absolute atomic E-state index is 12.8. The second-order valence-corrected chi connectivity index (χ2v) is 26.2. The molecule has 0 aliphatic carbocycles. The third kappa shape index (κ3) is 70.7. The van der Waals surface area contributed by atoms with Crippen molar-refractivity contribution >= 4 is 19.8 Å². The minimum absolute atomic E-state index is 0.0556. The van der Waals surface area contributed by atoms with E-state index in [-0.39, 0.29) is 38.6 Å². The van der Waals surface area contributed by atoms with Gasteiger partial charge in [-0.05, 0) is 57.8 Å². The van der Waals surface area contributed by atoms with Gasteiger partial charge in [-0.25, -0.2) is 4.57 Å². The van der Waals surface area contributed by atoms with Gasteiger partial charge in [0.2, 0.25) is 0 Å². The molecule has 0 fully saturated rings. The van der Waals surface area contributed by atoms with E-state index in [1.165, 1.54) is 276 Å². The number of ether oxygens (including phenoxy) is 2. The van der Waals surface area contributed by atoms with E-state index in [9.17, 15) is 19.0 Å². The molecule has 0 aromatic rings. The molecular weight excluding hydrogens is 1070 g/mol. The Bertz CT molecular complexity index is 1580. The molecule has 0 aliphatic heterocycles. The fourth-order valence-corrected chi connectivity index (χ4v) is 11.8.